The molecule has 0 saturated carbocycles. The molecule has 0 radical (unpaired) electrons. The van der Waals surface area contributed by atoms with Gasteiger partial charge in [-0.3, -0.25) is 19.4 Å². The second-order valence-corrected chi connectivity index (χ2v) is 6.67. The van der Waals surface area contributed by atoms with Gasteiger partial charge in [0, 0.05) is 18.8 Å². The van der Waals surface area contributed by atoms with E-state index >= 15 is 0 Å². The number of likely N-dealkylation sites (N-methyl/N-ethyl adjacent to an activating group) is 1. The van der Waals surface area contributed by atoms with Crippen LogP contribution in [0.4, 0.5) is 0 Å². The van der Waals surface area contributed by atoms with Gasteiger partial charge >= 0.3 is 0 Å². The van der Waals surface area contributed by atoms with Crippen LogP contribution in [0.1, 0.15) is 36.0 Å². The van der Waals surface area contributed by atoms with E-state index in [1.807, 2.05) is 24.3 Å². The number of nitrogens with one attached hydrogen (secondary N) is 1. The molecule has 0 aliphatic carbocycles. The molecule has 28 heavy (non-hydrogen) atoms. The van der Waals surface area contributed by atoms with Crippen LogP contribution >= 0.6 is 0 Å². The monoisotopic (exact) mass is 383 g/mol. The average molecular weight is 383 g/mol. The lowest BCUT2D eigenvalue weighted by Crippen LogP contribution is -2.47. The number of aromatic nitrogens is 1. The zero-order chi connectivity index (χ0) is 19.9. The lowest BCUT2D eigenvalue weighted by Gasteiger charge is -2.23. The standard InChI is InChI=1S/C21H25N3O4/c1-24(27-2)21(26)18-11-4-3-5-13-28-16-9-6-8-15(14-16)19-17(20(25)23-18)10-7-12-22-19/h6-10,12,14,18H,3-5,11,13H2,1-2H3,(H,23,25)/t18-/m0/s1. The summed E-state index contributed by atoms with van der Waals surface area (Å²) in [6.45, 7) is 0.599. The maximum atomic E-state index is 13.0. The van der Waals surface area contributed by atoms with Crippen LogP contribution in [0.2, 0.25) is 0 Å². The quantitative estimate of drug-likeness (QED) is 0.807. The van der Waals surface area contributed by atoms with Crippen LogP contribution in [0.5, 0.6) is 5.75 Å². The fourth-order valence-electron chi connectivity index (χ4n) is 3.17. The summed E-state index contributed by atoms with van der Waals surface area (Å²) in [5.41, 5.74) is 1.75. The number of rotatable bonds is 2. The Morgan fingerprint density at radius 3 is 2.93 bits per heavy atom. The molecule has 1 N–H and O–H groups in total. The third-order valence-electron chi connectivity index (χ3n) is 4.75. The van der Waals surface area contributed by atoms with Gasteiger partial charge in [0.05, 0.1) is 25.0 Å². The first-order valence-corrected chi connectivity index (χ1v) is 9.41. The second kappa shape index (κ2) is 9.32. The van der Waals surface area contributed by atoms with Crippen LogP contribution < -0.4 is 10.1 Å². The Kier molecular flexibility index (Phi) is 6.60. The van der Waals surface area contributed by atoms with Crippen molar-refractivity contribution in [3.63, 3.8) is 0 Å². The minimum absolute atomic E-state index is 0.286. The third-order valence-corrected chi connectivity index (χ3v) is 4.75. The lowest BCUT2D eigenvalue weighted by atomic mass is 10.0. The lowest BCUT2D eigenvalue weighted by molar-refractivity contribution is -0.171. The van der Waals surface area contributed by atoms with Gasteiger partial charge in [0.15, 0.2) is 0 Å². The van der Waals surface area contributed by atoms with Crippen molar-refractivity contribution < 1.29 is 19.2 Å². The van der Waals surface area contributed by atoms with E-state index in [-0.39, 0.29) is 11.8 Å². The Morgan fingerprint density at radius 1 is 1.25 bits per heavy atom. The summed E-state index contributed by atoms with van der Waals surface area (Å²) in [6.07, 6.45) is 4.73. The number of hydrogen-bond donors (Lipinski definition) is 1. The number of pyridine rings is 1. The van der Waals surface area contributed by atoms with Gasteiger partial charge in [-0.25, -0.2) is 5.06 Å². The molecule has 0 saturated heterocycles. The number of carbonyl (C=O) groups is 2. The topological polar surface area (TPSA) is 80.8 Å². The molecular formula is C21H25N3O4. The highest BCUT2D eigenvalue weighted by Crippen LogP contribution is 2.26. The Morgan fingerprint density at radius 2 is 2.11 bits per heavy atom. The number of hydroxylamine groups is 2. The van der Waals surface area contributed by atoms with Crippen molar-refractivity contribution in [1.82, 2.24) is 15.4 Å². The van der Waals surface area contributed by atoms with E-state index < -0.39 is 6.04 Å². The number of hydrogen-bond acceptors (Lipinski definition) is 5. The smallest absolute Gasteiger partial charge is 0.268 e. The molecule has 148 valence electrons. The number of nitrogens with zero attached hydrogens (tertiary/aromatic N) is 2. The van der Waals surface area contributed by atoms with E-state index in [9.17, 15) is 9.59 Å². The molecule has 2 amide bonds. The summed E-state index contributed by atoms with van der Waals surface area (Å²) in [7, 11) is 2.96. The summed E-state index contributed by atoms with van der Waals surface area (Å²) in [5, 5.41) is 4.01. The third kappa shape index (κ3) is 4.67. The van der Waals surface area contributed by atoms with Crippen molar-refractivity contribution >= 4 is 11.8 Å². The van der Waals surface area contributed by atoms with E-state index in [1.165, 1.54) is 14.2 Å². The molecule has 2 bridgehead atoms. The number of benzene rings is 1. The van der Waals surface area contributed by atoms with Gasteiger partial charge < -0.3 is 10.1 Å². The molecule has 3 rings (SSSR count). The largest absolute Gasteiger partial charge is 0.494 e. The maximum Gasteiger partial charge on any atom is 0.268 e. The molecular weight excluding hydrogens is 358 g/mol. The van der Waals surface area contributed by atoms with Gasteiger partial charge in [-0.05, 0) is 43.5 Å². The van der Waals surface area contributed by atoms with Crippen molar-refractivity contribution in [1.29, 1.82) is 0 Å². The minimum Gasteiger partial charge on any atom is -0.494 e. The summed E-state index contributed by atoms with van der Waals surface area (Å²) in [5.74, 6) is 0.127. The van der Waals surface area contributed by atoms with E-state index in [2.05, 4.69) is 10.3 Å². The Balaban J connectivity index is 1.97. The van der Waals surface area contributed by atoms with Gasteiger partial charge in [-0.15, -0.1) is 0 Å². The van der Waals surface area contributed by atoms with Crippen LogP contribution in [-0.4, -0.2) is 48.7 Å². The molecule has 0 unspecified atom stereocenters. The summed E-state index contributed by atoms with van der Waals surface area (Å²) >= 11 is 0. The Bertz CT molecular complexity index is 840. The number of fused-ring (bicyclic) bond motifs is 4. The van der Waals surface area contributed by atoms with E-state index in [0.717, 1.165) is 35.6 Å². The molecule has 2 heterocycles. The van der Waals surface area contributed by atoms with Crippen molar-refractivity contribution in [2.24, 2.45) is 0 Å². The van der Waals surface area contributed by atoms with Crippen molar-refractivity contribution in [3.8, 4) is 17.0 Å². The zero-order valence-electron chi connectivity index (χ0n) is 16.2. The number of ether oxygens (including phenoxy) is 1. The number of amides is 2. The fourth-order valence-corrected chi connectivity index (χ4v) is 3.17. The molecule has 1 aromatic carbocycles. The van der Waals surface area contributed by atoms with Gasteiger partial charge in [-0.1, -0.05) is 18.6 Å². The van der Waals surface area contributed by atoms with E-state index in [0.29, 0.717) is 24.3 Å². The number of carbonyl (C=O) groups excluding carboxylic acids is 2. The zero-order valence-corrected chi connectivity index (χ0v) is 16.2. The molecule has 1 atom stereocenters. The predicted octanol–water partition coefficient (Wildman–Crippen LogP) is 2.82. The summed E-state index contributed by atoms with van der Waals surface area (Å²) in [4.78, 5) is 35.0. The normalized spacial score (nSPS) is 17.5. The molecule has 7 heteroatoms. The average Bonchev–Trinajstić information content (AvgIpc) is 2.73. The maximum absolute atomic E-state index is 13.0. The first kappa shape index (κ1) is 19.8. The van der Waals surface area contributed by atoms with Crippen LogP contribution in [0.3, 0.4) is 0 Å². The van der Waals surface area contributed by atoms with Gasteiger partial charge in [-0.2, -0.15) is 0 Å². The fraction of sp³-hybridized carbons (Fsp3) is 0.381. The van der Waals surface area contributed by atoms with Crippen molar-refractivity contribution in [2.75, 3.05) is 20.8 Å². The van der Waals surface area contributed by atoms with Crippen LogP contribution in [0.15, 0.2) is 42.6 Å². The molecule has 1 aliphatic rings. The van der Waals surface area contributed by atoms with Crippen molar-refractivity contribution in [2.45, 2.75) is 31.7 Å². The highest BCUT2D eigenvalue weighted by atomic mass is 16.7. The molecule has 0 spiro atoms. The molecule has 2 aromatic rings. The first-order valence-electron chi connectivity index (χ1n) is 9.41. The molecule has 1 aliphatic heterocycles. The van der Waals surface area contributed by atoms with Gasteiger partial charge in [0.2, 0.25) is 0 Å². The summed E-state index contributed by atoms with van der Waals surface area (Å²) in [6, 6.07) is 10.3. The summed E-state index contributed by atoms with van der Waals surface area (Å²) < 4.78 is 5.84. The van der Waals surface area contributed by atoms with Crippen LogP contribution in [-0.2, 0) is 9.63 Å². The Labute approximate surface area is 164 Å². The van der Waals surface area contributed by atoms with Crippen LogP contribution in [0.25, 0.3) is 11.3 Å². The van der Waals surface area contributed by atoms with E-state index in [1.54, 1.807) is 18.3 Å². The molecule has 7 nitrogen and oxygen atoms in total. The SMILES string of the molecule is CON(C)C(=O)[C@@H]1CCCCCOc2cccc(c2)-c2ncccc2C(=O)N1. The van der Waals surface area contributed by atoms with Gasteiger partial charge in [0.25, 0.3) is 11.8 Å². The van der Waals surface area contributed by atoms with Crippen molar-refractivity contribution in [3.05, 3.63) is 48.2 Å². The van der Waals surface area contributed by atoms with E-state index in [4.69, 9.17) is 9.57 Å². The molecule has 1 aromatic heterocycles. The van der Waals surface area contributed by atoms with Gasteiger partial charge in [0.1, 0.15) is 11.8 Å². The van der Waals surface area contributed by atoms with Crippen LogP contribution in [0, 0.1) is 0 Å². The highest BCUT2D eigenvalue weighted by molar-refractivity contribution is 6.02. The Hall–Kier alpha value is -2.93. The minimum atomic E-state index is -0.666. The predicted molar refractivity (Wildman–Crippen MR) is 105 cm³/mol. The first-order chi connectivity index (χ1) is 13.6. The highest BCUT2D eigenvalue weighted by Gasteiger charge is 2.26. The second-order valence-electron chi connectivity index (χ2n) is 6.67. The molecule has 0 fully saturated rings.